The smallest absolute Gasteiger partial charge is 0.302 e. The number of imide groups is 1. The first-order valence-corrected chi connectivity index (χ1v) is 6.31. The van der Waals surface area contributed by atoms with E-state index in [2.05, 4.69) is 10.6 Å². The molecule has 2 N–H and O–H groups in total. The summed E-state index contributed by atoms with van der Waals surface area (Å²) in [5, 5.41) is 5.13. The second kappa shape index (κ2) is 3.66. The van der Waals surface area contributed by atoms with Crippen molar-refractivity contribution in [3.05, 3.63) is 35.9 Å². The van der Waals surface area contributed by atoms with Gasteiger partial charge in [0.05, 0.1) is 0 Å². The number of nitrogens with one attached hydrogen (secondary N) is 2. The number of carbonyl (C=O) groups excluding carboxylic acids is 2. The number of hydrogen-bond donors (Lipinski definition) is 2. The molecule has 0 bridgehead atoms. The van der Waals surface area contributed by atoms with Crippen LogP contribution in [0.5, 0.6) is 0 Å². The molecule has 2 aliphatic heterocycles. The van der Waals surface area contributed by atoms with Gasteiger partial charge in [-0.2, -0.15) is 0 Å². The van der Waals surface area contributed by atoms with Crippen LogP contribution in [-0.4, -0.2) is 29.3 Å². The Morgan fingerprint density at radius 3 is 2.76 bits per heavy atom. The lowest BCUT2D eigenvalue weighted by molar-refractivity contribution is 0.140. The van der Waals surface area contributed by atoms with Crippen molar-refractivity contribution >= 4 is 23.8 Å². The summed E-state index contributed by atoms with van der Waals surface area (Å²) in [5.41, 5.74) is 0.922. The highest BCUT2D eigenvalue weighted by Gasteiger charge is 2.50. The van der Waals surface area contributed by atoms with Gasteiger partial charge in [-0.3, -0.25) is 10.2 Å². The summed E-state index contributed by atoms with van der Waals surface area (Å²) in [4.78, 5) is 24.2. The summed E-state index contributed by atoms with van der Waals surface area (Å²) >= 11 is 1.57. The average molecular weight is 249 g/mol. The summed E-state index contributed by atoms with van der Waals surface area (Å²) in [6, 6.07) is 8.79. The molecule has 1 unspecified atom stereocenters. The highest BCUT2D eigenvalue weighted by molar-refractivity contribution is 8.00. The molecule has 17 heavy (non-hydrogen) atoms. The maximum absolute atomic E-state index is 11.8. The number of fused-ring (bicyclic) bond motifs is 1. The Hall–Kier alpha value is -1.69. The van der Waals surface area contributed by atoms with Crippen LogP contribution in [0, 0.1) is 0 Å². The second-order valence-corrected chi connectivity index (χ2v) is 5.18. The number of rotatable bonds is 1. The predicted octanol–water partition coefficient (Wildman–Crippen LogP) is 1.28. The maximum atomic E-state index is 11.8. The Morgan fingerprint density at radius 1 is 1.24 bits per heavy atom. The highest BCUT2D eigenvalue weighted by Crippen LogP contribution is 2.43. The molecule has 3 rings (SSSR count). The van der Waals surface area contributed by atoms with Crippen LogP contribution in [0.1, 0.15) is 5.56 Å². The van der Waals surface area contributed by atoms with Crippen LogP contribution in [0.25, 0.3) is 0 Å². The molecule has 0 aliphatic carbocycles. The van der Waals surface area contributed by atoms with Crippen LogP contribution in [0.3, 0.4) is 0 Å². The summed E-state index contributed by atoms with van der Waals surface area (Å²) in [6.45, 7) is 0.631. The zero-order valence-electron chi connectivity index (χ0n) is 8.97. The standard InChI is InChI=1S/C11H11N3O2S/c15-9-12-10(16)14-6-7-17-11(14,13-9)8-4-2-1-3-5-8/h1-5H,6-7H2,(H2,12,13,15,16). The van der Waals surface area contributed by atoms with Crippen molar-refractivity contribution in [1.29, 1.82) is 0 Å². The molecular formula is C11H11N3O2S. The predicted molar refractivity (Wildman–Crippen MR) is 64.3 cm³/mol. The number of urea groups is 2. The average Bonchev–Trinajstić information content (AvgIpc) is 2.75. The van der Waals surface area contributed by atoms with Gasteiger partial charge in [-0.1, -0.05) is 30.3 Å². The van der Waals surface area contributed by atoms with E-state index in [1.54, 1.807) is 16.7 Å². The maximum Gasteiger partial charge on any atom is 0.328 e. The first-order valence-electron chi connectivity index (χ1n) is 5.33. The van der Waals surface area contributed by atoms with E-state index in [9.17, 15) is 9.59 Å². The fourth-order valence-electron chi connectivity index (χ4n) is 2.19. The van der Waals surface area contributed by atoms with E-state index in [-0.39, 0.29) is 6.03 Å². The van der Waals surface area contributed by atoms with Crippen molar-refractivity contribution < 1.29 is 9.59 Å². The number of nitrogens with zero attached hydrogens (tertiary/aromatic N) is 1. The van der Waals surface area contributed by atoms with Gasteiger partial charge in [0.15, 0.2) is 4.99 Å². The number of thioether (sulfide) groups is 1. The number of benzene rings is 1. The molecule has 2 fully saturated rings. The minimum absolute atomic E-state index is 0.331. The van der Waals surface area contributed by atoms with Gasteiger partial charge >= 0.3 is 12.1 Å². The van der Waals surface area contributed by atoms with Crippen molar-refractivity contribution in [2.75, 3.05) is 12.3 Å². The lowest BCUT2D eigenvalue weighted by atomic mass is 10.1. The van der Waals surface area contributed by atoms with E-state index in [0.29, 0.717) is 6.54 Å². The Morgan fingerprint density at radius 2 is 2.00 bits per heavy atom. The highest BCUT2D eigenvalue weighted by atomic mass is 32.2. The summed E-state index contributed by atoms with van der Waals surface area (Å²) < 4.78 is 0. The van der Waals surface area contributed by atoms with Gasteiger partial charge in [-0.05, 0) is 0 Å². The van der Waals surface area contributed by atoms with Crippen LogP contribution in [0.4, 0.5) is 9.59 Å². The fourth-order valence-corrected chi connectivity index (χ4v) is 3.56. The van der Waals surface area contributed by atoms with Crippen LogP contribution in [-0.2, 0) is 4.99 Å². The lowest BCUT2D eigenvalue weighted by Crippen LogP contribution is -2.66. The number of hydrogen-bond acceptors (Lipinski definition) is 3. The SMILES string of the molecule is O=C1NC(=O)N2CCSC2(c2ccccc2)N1. The van der Waals surface area contributed by atoms with Gasteiger partial charge in [-0.25, -0.2) is 9.59 Å². The van der Waals surface area contributed by atoms with Gasteiger partial charge in [0.25, 0.3) is 0 Å². The van der Waals surface area contributed by atoms with Crippen molar-refractivity contribution in [2.45, 2.75) is 4.99 Å². The molecule has 1 aromatic rings. The molecular weight excluding hydrogens is 238 g/mol. The zero-order chi connectivity index (χ0) is 11.9. The molecule has 4 amide bonds. The normalized spacial score (nSPS) is 27.4. The molecule has 2 heterocycles. The van der Waals surface area contributed by atoms with Gasteiger partial charge in [0, 0.05) is 17.9 Å². The van der Waals surface area contributed by atoms with Gasteiger partial charge < -0.3 is 5.32 Å². The van der Waals surface area contributed by atoms with E-state index in [4.69, 9.17) is 0 Å². The molecule has 1 atom stereocenters. The topological polar surface area (TPSA) is 61.4 Å². The number of amides is 4. The molecule has 0 saturated carbocycles. The molecule has 0 aromatic heterocycles. The van der Waals surface area contributed by atoms with Gasteiger partial charge in [-0.15, -0.1) is 11.8 Å². The van der Waals surface area contributed by atoms with Gasteiger partial charge in [0.1, 0.15) is 0 Å². The Labute approximate surface area is 103 Å². The summed E-state index contributed by atoms with van der Waals surface area (Å²) in [6.07, 6.45) is 0. The Bertz CT molecular complexity index is 479. The third-order valence-corrected chi connectivity index (χ3v) is 4.28. The third kappa shape index (κ3) is 1.48. The van der Waals surface area contributed by atoms with Crippen LogP contribution in [0.15, 0.2) is 30.3 Å². The first-order chi connectivity index (χ1) is 8.22. The van der Waals surface area contributed by atoms with Crippen LogP contribution in [0.2, 0.25) is 0 Å². The Kier molecular flexibility index (Phi) is 2.25. The molecule has 2 saturated heterocycles. The molecule has 0 radical (unpaired) electrons. The van der Waals surface area contributed by atoms with Crippen molar-refractivity contribution in [2.24, 2.45) is 0 Å². The lowest BCUT2D eigenvalue weighted by Gasteiger charge is -2.41. The summed E-state index contributed by atoms with van der Waals surface area (Å²) in [5.74, 6) is 0.808. The summed E-state index contributed by atoms with van der Waals surface area (Å²) in [7, 11) is 0. The quantitative estimate of drug-likeness (QED) is 0.788. The first kappa shape index (κ1) is 10.5. The van der Waals surface area contributed by atoms with E-state index in [1.807, 2.05) is 30.3 Å². The largest absolute Gasteiger partial charge is 0.328 e. The molecule has 6 heteroatoms. The minimum atomic E-state index is -0.735. The molecule has 0 spiro atoms. The number of carbonyl (C=O) groups is 2. The van der Waals surface area contributed by atoms with Crippen molar-refractivity contribution in [3.63, 3.8) is 0 Å². The van der Waals surface area contributed by atoms with Crippen LogP contribution >= 0.6 is 11.8 Å². The molecule has 88 valence electrons. The minimum Gasteiger partial charge on any atom is -0.302 e. The third-order valence-electron chi connectivity index (χ3n) is 2.92. The van der Waals surface area contributed by atoms with E-state index in [0.717, 1.165) is 11.3 Å². The monoisotopic (exact) mass is 249 g/mol. The van der Waals surface area contributed by atoms with Crippen molar-refractivity contribution in [3.8, 4) is 0 Å². The second-order valence-electron chi connectivity index (χ2n) is 3.89. The van der Waals surface area contributed by atoms with E-state index in [1.165, 1.54) is 0 Å². The van der Waals surface area contributed by atoms with E-state index >= 15 is 0 Å². The molecule has 2 aliphatic rings. The molecule has 5 nitrogen and oxygen atoms in total. The van der Waals surface area contributed by atoms with E-state index < -0.39 is 11.0 Å². The van der Waals surface area contributed by atoms with Gasteiger partial charge in [0.2, 0.25) is 0 Å². The zero-order valence-corrected chi connectivity index (χ0v) is 9.79. The van der Waals surface area contributed by atoms with Crippen LogP contribution < -0.4 is 10.6 Å². The fraction of sp³-hybridized carbons (Fsp3) is 0.273. The Balaban J connectivity index is 2.09. The van der Waals surface area contributed by atoms with Crippen molar-refractivity contribution in [1.82, 2.24) is 15.5 Å². The molecule has 1 aromatic carbocycles.